The van der Waals surface area contributed by atoms with Gasteiger partial charge in [-0.15, -0.1) is 0 Å². The van der Waals surface area contributed by atoms with Crippen molar-refractivity contribution in [3.05, 3.63) is 78.4 Å². The molecule has 3 aromatic carbocycles. The number of rotatable bonds is 13. The van der Waals surface area contributed by atoms with Crippen LogP contribution in [0.2, 0.25) is 0 Å². The van der Waals surface area contributed by atoms with E-state index in [1.807, 2.05) is 26.0 Å². The van der Waals surface area contributed by atoms with Crippen LogP contribution in [-0.4, -0.2) is 64.6 Å². The van der Waals surface area contributed by atoms with E-state index in [2.05, 4.69) is 5.32 Å². The number of ether oxygens (including phenoxy) is 3. The summed E-state index contributed by atoms with van der Waals surface area (Å²) in [6.45, 7) is 4.50. The maximum atomic E-state index is 14.2. The number of anilines is 1. The van der Waals surface area contributed by atoms with Crippen molar-refractivity contribution < 1.29 is 32.2 Å². The summed E-state index contributed by atoms with van der Waals surface area (Å²) in [6.07, 6.45) is 1.08. The zero-order valence-electron chi connectivity index (χ0n) is 24.1. The van der Waals surface area contributed by atoms with Crippen molar-refractivity contribution in [2.24, 2.45) is 0 Å². The first-order valence-electron chi connectivity index (χ1n) is 14.0. The van der Waals surface area contributed by atoms with Gasteiger partial charge in [0.2, 0.25) is 11.8 Å². The molecule has 1 N–H and O–H groups in total. The summed E-state index contributed by atoms with van der Waals surface area (Å²) in [6, 6.07) is 19.1. The van der Waals surface area contributed by atoms with Crippen molar-refractivity contribution in [2.75, 3.05) is 37.7 Å². The van der Waals surface area contributed by atoms with Gasteiger partial charge in [0.05, 0.1) is 17.7 Å². The first kappa shape index (κ1) is 30.7. The Morgan fingerprint density at radius 1 is 0.952 bits per heavy atom. The number of methoxy groups -OCH3 is 1. The largest absolute Gasteiger partial charge is 0.497 e. The van der Waals surface area contributed by atoms with Gasteiger partial charge >= 0.3 is 0 Å². The lowest BCUT2D eigenvalue weighted by atomic mass is 10.1. The van der Waals surface area contributed by atoms with Gasteiger partial charge in [-0.2, -0.15) is 0 Å². The van der Waals surface area contributed by atoms with Crippen LogP contribution < -0.4 is 23.8 Å². The number of hydrogen-bond acceptors (Lipinski definition) is 7. The van der Waals surface area contributed by atoms with E-state index in [0.29, 0.717) is 43.4 Å². The third-order valence-electron chi connectivity index (χ3n) is 6.87. The van der Waals surface area contributed by atoms with Crippen LogP contribution in [0.25, 0.3) is 0 Å². The topological polar surface area (TPSA) is 114 Å². The molecule has 0 radical (unpaired) electrons. The van der Waals surface area contributed by atoms with Gasteiger partial charge in [-0.3, -0.25) is 13.9 Å². The molecule has 1 aliphatic rings. The quantitative estimate of drug-likeness (QED) is 0.318. The fourth-order valence-electron chi connectivity index (χ4n) is 4.65. The van der Waals surface area contributed by atoms with E-state index >= 15 is 0 Å². The predicted molar refractivity (Wildman–Crippen MR) is 159 cm³/mol. The van der Waals surface area contributed by atoms with Crippen LogP contribution >= 0.6 is 0 Å². The molecule has 1 heterocycles. The lowest BCUT2D eigenvalue weighted by Crippen LogP contribution is -2.52. The number of carbonyl (C=O) groups excluding carboxylic acids is 2. The number of nitrogens with one attached hydrogen (secondary N) is 1. The van der Waals surface area contributed by atoms with Crippen LogP contribution in [0.15, 0.2) is 77.7 Å². The molecule has 0 saturated heterocycles. The first-order chi connectivity index (χ1) is 20.3. The van der Waals surface area contributed by atoms with Gasteiger partial charge in [0.1, 0.15) is 31.5 Å². The van der Waals surface area contributed by atoms with Gasteiger partial charge in [0, 0.05) is 19.2 Å². The second-order valence-corrected chi connectivity index (χ2v) is 11.6. The smallest absolute Gasteiger partial charge is 0.264 e. The lowest BCUT2D eigenvalue weighted by Gasteiger charge is -2.33. The Morgan fingerprint density at radius 2 is 1.64 bits per heavy atom. The SMILES string of the molecule is CCCNC(=O)C(CC)N(Cc1ccc(OC)cc1)C(=O)CN(c1ccc2c(c1)OCCO2)S(=O)(=O)c1ccccc1. The molecule has 1 aliphatic heterocycles. The van der Waals surface area contributed by atoms with Gasteiger partial charge in [-0.05, 0) is 54.8 Å². The molecular formula is C31H37N3O7S. The van der Waals surface area contributed by atoms with Crippen LogP contribution in [-0.2, 0) is 26.2 Å². The predicted octanol–water partition coefficient (Wildman–Crippen LogP) is 4.00. The van der Waals surface area contributed by atoms with Crippen molar-refractivity contribution in [3.63, 3.8) is 0 Å². The first-order valence-corrected chi connectivity index (χ1v) is 15.4. The van der Waals surface area contributed by atoms with E-state index < -0.39 is 28.5 Å². The minimum absolute atomic E-state index is 0.0297. The molecule has 1 atom stereocenters. The van der Waals surface area contributed by atoms with Crippen LogP contribution in [0.5, 0.6) is 17.2 Å². The number of nitrogens with zero attached hydrogens (tertiary/aromatic N) is 2. The van der Waals surface area contributed by atoms with E-state index in [4.69, 9.17) is 14.2 Å². The Morgan fingerprint density at radius 3 is 2.29 bits per heavy atom. The molecule has 0 aromatic heterocycles. The number of fused-ring (bicyclic) bond motifs is 1. The fraction of sp³-hybridized carbons (Fsp3) is 0.355. The van der Waals surface area contributed by atoms with E-state index in [1.165, 1.54) is 17.0 Å². The minimum atomic E-state index is -4.19. The van der Waals surface area contributed by atoms with Crippen LogP contribution in [0, 0.1) is 0 Å². The van der Waals surface area contributed by atoms with Gasteiger partial charge in [-0.25, -0.2) is 8.42 Å². The third kappa shape index (κ3) is 7.14. The van der Waals surface area contributed by atoms with Gasteiger partial charge < -0.3 is 24.4 Å². The van der Waals surface area contributed by atoms with E-state index in [-0.39, 0.29) is 23.0 Å². The highest BCUT2D eigenvalue weighted by molar-refractivity contribution is 7.92. The Bertz CT molecular complexity index is 1460. The summed E-state index contributed by atoms with van der Waals surface area (Å²) in [4.78, 5) is 28.8. The number of benzene rings is 3. The highest BCUT2D eigenvalue weighted by Gasteiger charge is 2.34. The average Bonchev–Trinajstić information content (AvgIpc) is 3.02. The van der Waals surface area contributed by atoms with Crippen molar-refractivity contribution in [3.8, 4) is 17.2 Å². The Labute approximate surface area is 247 Å². The molecule has 11 heteroatoms. The van der Waals surface area contributed by atoms with Gasteiger partial charge in [-0.1, -0.05) is 44.2 Å². The number of hydrogen-bond donors (Lipinski definition) is 1. The minimum Gasteiger partial charge on any atom is -0.497 e. The second-order valence-electron chi connectivity index (χ2n) is 9.74. The molecule has 42 heavy (non-hydrogen) atoms. The molecule has 3 aromatic rings. The zero-order valence-corrected chi connectivity index (χ0v) is 24.9. The third-order valence-corrected chi connectivity index (χ3v) is 8.66. The van der Waals surface area contributed by atoms with E-state index in [9.17, 15) is 18.0 Å². The number of sulfonamides is 1. The Hall–Kier alpha value is -4.25. The van der Waals surface area contributed by atoms with Crippen molar-refractivity contribution in [1.29, 1.82) is 0 Å². The second kappa shape index (κ2) is 14.1. The molecule has 0 spiro atoms. The molecule has 0 fully saturated rings. The summed E-state index contributed by atoms with van der Waals surface area (Å²) < 4.78 is 45.6. The summed E-state index contributed by atoms with van der Waals surface area (Å²) in [5, 5.41) is 2.88. The monoisotopic (exact) mass is 595 g/mol. The molecule has 10 nitrogen and oxygen atoms in total. The van der Waals surface area contributed by atoms with Crippen LogP contribution in [0.1, 0.15) is 32.3 Å². The van der Waals surface area contributed by atoms with E-state index in [1.54, 1.807) is 55.6 Å². The van der Waals surface area contributed by atoms with Crippen LogP contribution in [0.3, 0.4) is 0 Å². The lowest BCUT2D eigenvalue weighted by molar-refractivity contribution is -0.140. The maximum Gasteiger partial charge on any atom is 0.264 e. The molecule has 0 bridgehead atoms. The van der Waals surface area contributed by atoms with Crippen molar-refractivity contribution in [1.82, 2.24) is 10.2 Å². The van der Waals surface area contributed by atoms with Gasteiger partial charge in [0.15, 0.2) is 11.5 Å². The highest BCUT2D eigenvalue weighted by Crippen LogP contribution is 2.36. The number of carbonyl (C=O) groups is 2. The summed E-state index contributed by atoms with van der Waals surface area (Å²) in [5.41, 5.74) is 1.01. The zero-order chi connectivity index (χ0) is 30.1. The summed E-state index contributed by atoms with van der Waals surface area (Å²) in [5.74, 6) is 0.716. The molecular weight excluding hydrogens is 558 g/mol. The molecule has 4 rings (SSSR count). The highest BCUT2D eigenvalue weighted by atomic mass is 32.2. The standard InChI is InChI=1S/C31H37N3O7S/c1-4-17-32-31(36)27(5-2)33(21-23-11-14-25(39-3)15-12-23)30(35)22-34(42(37,38)26-9-7-6-8-10-26)24-13-16-28-29(20-24)41-19-18-40-28/h6-16,20,27H,4-5,17-19,21-22H2,1-3H3,(H,32,36). The normalized spacial score (nSPS) is 13.1. The van der Waals surface area contributed by atoms with Crippen molar-refractivity contribution >= 4 is 27.5 Å². The van der Waals surface area contributed by atoms with Gasteiger partial charge in [0.25, 0.3) is 10.0 Å². The van der Waals surface area contributed by atoms with Crippen molar-refractivity contribution in [2.45, 2.75) is 44.2 Å². The van der Waals surface area contributed by atoms with Crippen LogP contribution in [0.4, 0.5) is 5.69 Å². The average molecular weight is 596 g/mol. The maximum absolute atomic E-state index is 14.2. The molecule has 0 aliphatic carbocycles. The summed E-state index contributed by atoms with van der Waals surface area (Å²) in [7, 11) is -2.62. The van der Waals surface area contributed by atoms with E-state index in [0.717, 1.165) is 16.3 Å². The molecule has 1 unspecified atom stereocenters. The summed E-state index contributed by atoms with van der Waals surface area (Å²) >= 11 is 0. The fourth-order valence-corrected chi connectivity index (χ4v) is 6.08. The molecule has 224 valence electrons. The molecule has 0 saturated carbocycles. The number of amides is 2. The Kier molecular flexibility index (Phi) is 10.3. The molecule has 2 amide bonds. The Balaban J connectivity index is 1.74.